The summed E-state index contributed by atoms with van der Waals surface area (Å²) in [6.07, 6.45) is 0. The van der Waals surface area contributed by atoms with Crippen LogP contribution in [0, 0.1) is 6.92 Å². The molecule has 1 amide bonds. The quantitative estimate of drug-likeness (QED) is 0.621. The van der Waals surface area contributed by atoms with Gasteiger partial charge in [-0.3, -0.25) is 15.2 Å². The zero-order chi connectivity index (χ0) is 16.7. The summed E-state index contributed by atoms with van der Waals surface area (Å²) >= 11 is 1.50. The first-order chi connectivity index (χ1) is 11.1. The van der Waals surface area contributed by atoms with Crippen LogP contribution >= 0.6 is 11.8 Å². The summed E-state index contributed by atoms with van der Waals surface area (Å²) in [4.78, 5) is 13.2. The first-order valence-corrected chi connectivity index (χ1v) is 8.51. The molecule has 0 aliphatic carbocycles. The van der Waals surface area contributed by atoms with E-state index in [-0.39, 0.29) is 5.91 Å². The van der Waals surface area contributed by atoms with Crippen molar-refractivity contribution in [1.82, 2.24) is 5.43 Å². The van der Waals surface area contributed by atoms with Gasteiger partial charge in [0.25, 0.3) is 0 Å². The SMILES string of the molecule is CCN(NC(=O)CSc1ccc(OC)cc1)c1ccc(C)cc1. The lowest BCUT2D eigenvalue weighted by molar-refractivity contribution is -0.118. The number of benzene rings is 2. The third-order valence-corrected chi connectivity index (χ3v) is 4.36. The Kier molecular flexibility index (Phi) is 6.35. The maximum absolute atomic E-state index is 12.2. The third kappa shape index (κ3) is 5.21. The van der Waals surface area contributed by atoms with Crippen molar-refractivity contribution < 1.29 is 9.53 Å². The standard InChI is InChI=1S/C18H22N2O2S/c1-4-20(15-7-5-14(2)6-8-15)19-18(21)13-23-17-11-9-16(22-3)10-12-17/h5-12H,4,13H2,1-3H3,(H,19,21). The number of anilines is 1. The smallest absolute Gasteiger partial charge is 0.248 e. The Bertz CT molecular complexity index is 626. The lowest BCUT2D eigenvalue weighted by atomic mass is 10.2. The fourth-order valence-electron chi connectivity index (χ4n) is 2.05. The molecule has 122 valence electrons. The van der Waals surface area contributed by atoms with Gasteiger partial charge in [-0.2, -0.15) is 0 Å². The van der Waals surface area contributed by atoms with E-state index in [1.807, 2.05) is 67.4 Å². The average molecular weight is 330 g/mol. The number of hydrogen-bond donors (Lipinski definition) is 1. The maximum atomic E-state index is 12.2. The molecule has 0 unspecified atom stereocenters. The number of rotatable bonds is 7. The molecule has 0 aliphatic rings. The van der Waals surface area contributed by atoms with Crippen LogP contribution in [0.5, 0.6) is 5.75 Å². The number of hydrogen-bond acceptors (Lipinski definition) is 4. The summed E-state index contributed by atoms with van der Waals surface area (Å²) in [6, 6.07) is 15.8. The topological polar surface area (TPSA) is 41.6 Å². The highest BCUT2D eigenvalue weighted by atomic mass is 32.2. The van der Waals surface area contributed by atoms with Gasteiger partial charge in [-0.25, -0.2) is 0 Å². The lowest BCUT2D eigenvalue weighted by Gasteiger charge is -2.23. The molecule has 0 spiro atoms. The molecule has 0 fully saturated rings. The largest absolute Gasteiger partial charge is 0.497 e. The number of methoxy groups -OCH3 is 1. The number of carbonyl (C=O) groups excluding carboxylic acids is 1. The van der Waals surface area contributed by atoms with E-state index in [0.717, 1.165) is 16.3 Å². The van der Waals surface area contributed by atoms with E-state index in [9.17, 15) is 4.79 Å². The molecule has 0 aromatic heterocycles. The number of aryl methyl sites for hydroxylation is 1. The van der Waals surface area contributed by atoms with Crippen LogP contribution < -0.4 is 15.2 Å². The van der Waals surface area contributed by atoms with Crippen molar-refractivity contribution in [2.75, 3.05) is 24.4 Å². The monoisotopic (exact) mass is 330 g/mol. The molecule has 0 saturated carbocycles. The molecule has 23 heavy (non-hydrogen) atoms. The first-order valence-electron chi connectivity index (χ1n) is 7.53. The van der Waals surface area contributed by atoms with Crippen LogP contribution in [0.4, 0.5) is 5.69 Å². The molecule has 0 atom stereocenters. The molecule has 2 aromatic carbocycles. The van der Waals surface area contributed by atoms with E-state index in [0.29, 0.717) is 12.3 Å². The Balaban J connectivity index is 1.88. The van der Waals surface area contributed by atoms with Gasteiger partial charge in [-0.15, -0.1) is 11.8 Å². The minimum absolute atomic E-state index is 0.0201. The second-order valence-electron chi connectivity index (χ2n) is 5.08. The fraction of sp³-hybridized carbons (Fsp3) is 0.278. The number of ether oxygens (including phenoxy) is 1. The van der Waals surface area contributed by atoms with Crippen LogP contribution in [0.1, 0.15) is 12.5 Å². The number of nitrogens with zero attached hydrogens (tertiary/aromatic N) is 1. The van der Waals surface area contributed by atoms with E-state index in [2.05, 4.69) is 5.43 Å². The predicted molar refractivity (Wildman–Crippen MR) is 96.1 cm³/mol. The minimum Gasteiger partial charge on any atom is -0.497 e. The number of carbonyl (C=O) groups is 1. The third-order valence-electron chi connectivity index (χ3n) is 3.35. The molecule has 2 aromatic rings. The lowest BCUT2D eigenvalue weighted by Crippen LogP contribution is -2.43. The van der Waals surface area contributed by atoms with E-state index in [1.54, 1.807) is 7.11 Å². The number of hydrazine groups is 1. The summed E-state index contributed by atoms with van der Waals surface area (Å²) in [7, 11) is 1.64. The van der Waals surface area contributed by atoms with Gasteiger partial charge in [0.15, 0.2) is 0 Å². The second kappa shape index (κ2) is 8.48. The summed E-state index contributed by atoms with van der Waals surface area (Å²) < 4.78 is 5.12. The van der Waals surface area contributed by atoms with Gasteiger partial charge in [0.2, 0.25) is 5.91 Å². The molecular formula is C18H22N2O2S. The molecular weight excluding hydrogens is 308 g/mol. The minimum atomic E-state index is -0.0201. The van der Waals surface area contributed by atoms with E-state index >= 15 is 0 Å². The van der Waals surface area contributed by atoms with Gasteiger partial charge in [0.05, 0.1) is 18.6 Å². The molecule has 1 N–H and O–H groups in total. The van der Waals surface area contributed by atoms with Gasteiger partial charge in [0.1, 0.15) is 5.75 Å². The van der Waals surface area contributed by atoms with E-state index in [1.165, 1.54) is 17.3 Å². The van der Waals surface area contributed by atoms with Crippen LogP contribution in [0.15, 0.2) is 53.4 Å². The average Bonchev–Trinajstić information content (AvgIpc) is 2.59. The highest BCUT2D eigenvalue weighted by molar-refractivity contribution is 8.00. The summed E-state index contributed by atoms with van der Waals surface area (Å²) in [5, 5.41) is 1.86. The normalized spacial score (nSPS) is 10.2. The fourth-order valence-corrected chi connectivity index (χ4v) is 2.75. The predicted octanol–water partition coefficient (Wildman–Crippen LogP) is 3.65. The van der Waals surface area contributed by atoms with Gasteiger partial charge in [0, 0.05) is 11.4 Å². The summed E-state index contributed by atoms with van der Waals surface area (Å²) in [6.45, 7) is 4.77. The van der Waals surface area contributed by atoms with Crippen LogP contribution in [0.3, 0.4) is 0 Å². The molecule has 0 radical (unpaired) electrons. The Morgan fingerprint density at radius 1 is 1.13 bits per heavy atom. The molecule has 0 aliphatic heterocycles. The van der Waals surface area contributed by atoms with Crippen molar-refractivity contribution >= 4 is 23.4 Å². The Morgan fingerprint density at radius 3 is 2.35 bits per heavy atom. The Morgan fingerprint density at radius 2 is 1.78 bits per heavy atom. The zero-order valence-corrected chi connectivity index (χ0v) is 14.5. The van der Waals surface area contributed by atoms with Crippen LogP contribution in [0.25, 0.3) is 0 Å². The van der Waals surface area contributed by atoms with Gasteiger partial charge in [-0.05, 0) is 50.2 Å². The van der Waals surface area contributed by atoms with E-state index < -0.39 is 0 Å². The van der Waals surface area contributed by atoms with Crippen molar-refractivity contribution in [2.24, 2.45) is 0 Å². The van der Waals surface area contributed by atoms with Crippen molar-refractivity contribution in [1.29, 1.82) is 0 Å². The number of nitrogens with one attached hydrogen (secondary N) is 1. The second-order valence-corrected chi connectivity index (χ2v) is 6.13. The van der Waals surface area contributed by atoms with Crippen molar-refractivity contribution in [3.8, 4) is 5.75 Å². The van der Waals surface area contributed by atoms with Crippen molar-refractivity contribution in [3.63, 3.8) is 0 Å². The molecule has 2 rings (SSSR count). The van der Waals surface area contributed by atoms with Gasteiger partial charge in [-0.1, -0.05) is 17.7 Å². The number of thioether (sulfide) groups is 1. The first kappa shape index (κ1) is 17.2. The molecule has 0 heterocycles. The van der Waals surface area contributed by atoms with Crippen LogP contribution in [-0.2, 0) is 4.79 Å². The van der Waals surface area contributed by atoms with Crippen molar-refractivity contribution in [2.45, 2.75) is 18.7 Å². The summed E-state index contributed by atoms with van der Waals surface area (Å²) in [5.41, 5.74) is 5.13. The molecule has 4 nitrogen and oxygen atoms in total. The molecule has 0 bridgehead atoms. The van der Waals surface area contributed by atoms with Gasteiger partial charge < -0.3 is 4.74 Å². The maximum Gasteiger partial charge on any atom is 0.248 e. The highest BCUT2D eigenvalue weighted by Crippen LogP contribution is 2.21. The highest BCUT2D eigenvalue weighted by Gasteiger charge is 2.09. The Hall–Kier alpha value is -2.14. The van der Waals surface area contributed by atoms with E-state index in [4.69, 9.17) is 4.74 Å². The summed E-state index contributed by atoms with van der Waals surface area (Å²) in [5.74, 6) is 1.16. The number of amides is 1. The van der Waals surface area contributed by atoms with Crippen molar-refractivity contribution in [3.05, 3.63) is 54.1 Å². The van der Waals surface area contributed by atoms with Crippen LogP contribution in [-0.4, -0.2) is 25.3 Å². The van der Waals surface area contributed by atoms with Gasteiger partial charge >= 0.3 is 0 Å². The Labute approximate surface area is 141 Å². The molecule has 0 saturated heterocycles. The van der Waals surface area contributed by atoms with Crippen LogP contribution in [0.2, 0.25) is 0 Å². The zero-order valence-electron chi connectivity index (χ0n) is 13.7. The molecule has 5 heteroatoms.